The molecular weight excluding hydrogens is 208 g/mol. The molecule has 0 radical (unpaired) electrons. The van der Waals surface area contributed by atoms with Crippen LogP contribution in [0.2, 0.25) is 0 Å². The molecule has 0 bridgehead atoms. The Bertz CT molecular complexity index is 582. The Balaban J connectivity index is 2.03. The first-order valence-electron chi connectivity index (χ1n) is 5.74. The summed E-state index contributed by atoms with van der Waals surface area (Å²) in [6.45, 7) is 0.994. The van der Waals surface area contributed by atoms with E-state index in [1.165, 1.54) is 16.9 Å². The summed E-state index contributed by atoms with van der Waals surface area (Å²) < 4.78 is 0. The van der Waals surface area contributed by atoms with Gasteiger partial charge in [-0.3, -0.25) is 0 Å². The van der Waals surface area contributed by atoms with Crippen LogP contribution >= 0.6 is 0 Å². The van der Waals surface area contributed by atoms with Gasteiger partial charge in [0.15, 0.2) is 0 Å². The lowest BCUT2D eigenvalue weighted by atomic mass is 10.1. The van der Waals surface area contributed by atoms with E-state index < -0.39 is 0 Å². The lowest BCUT2D eigenvalue weighted by Crippen LogP contribution is -2.12. The van der Waals surface area contributed by atoms with Gasteiger partial charge < -0.3 is 4.90 Å². The van der Waals surface area contributed by atoms with Crippen LogP contribution in [0.5, 0.6) is 0 Å². The number of hydrogen-bond acceptors (Lipinski definition) is 2. The minimum Gasteiger partial charge on any atom is -0.341 e. The fourth-order valence-corrected chi connectivity index (χ4v) is 2.35. The summed E-state index contributed by atoms with van der Waals surface area (Å²) in [6, 6.07) is 18.5. The van der Waals surface area contributed by atoms with Gasteiger partial charge in [-0.2, -0.15) is 5.26 Å². The van der Waals surface area contributed by atoms with Gasteiger partial charge in [-0.25, -0.2) is 0 Å². The van der Waals surface area contributed by atoms with E-state index in [0.29, 0.717) is 0 Å². The molecule has 82 valence electrons. The van der Waals surface area contributed by atoms with Gasteiger partial charge in [-0.05, 0) is 42.3 Å². The molecule has 0 amide bonds. The zero-order chi connectivity index (χ0) is 11.7. The third-order valence-electron chi connectivity index (χ3n) is 3.17. The van der Waals surface area contributed by atoms with Gasteiger partial charge in [0.05, 0.1) is 11.6 Å². The number of benzene rings is 2. The van der Waals surface area contributed by atoms with E-state index in [1.54, 1.807) is 0 Å². The van der Waals surface area contributed by atoms with Gasteiger partial charge in [0.25, 0.3) is 0 Å². The molecule has 17 heavy (non-hydrogen) atoms. The molecule has 0 saturated heterocycles. The van der Waals surface area contributed by atoms with Crippen molar-refractivity contribution in [1.29, 1.82) is 5.26 Å². The molecule has 0 N–H and O–H groups in total. The smallest absolute Gasteiger partial charge is 0.0991 e. The molecule has 3 rings (SSSR count). The van der Waals surface area contributed by atoms with Crippen molar-refractivity contribution in [3.8, 4) is 6.07 Å². The highest BCUT2D eigenvalue weighted by Crippen LogP contribution is 2.34. The number of nitrogens with zero attached hydrogens (tertiary/aromatic N) is 2. The predicted octanol–water partition coefficient (Wildman–Crippen LogP) is 3.25. The largest absolute Gasteiger partial charge is 0.341 e. The Morgan fingerprint density at radius 2 is 1.88 bits per heavy atom. The van der Waals surface area contributed by atoms with Crippen molar-refractivity contribution in [1.82, 2.24) is 0 Å². The Kier molecular flexibility index (Phi) is 2.31. The minimum atomic E-state index is 0.749. The first kappa shape index (κ1) is 9.92. The topological polar surface area (TPSA) is 27.0 Å². The quantitative estimate of drug-likeness (QED) is 0.737. The van der Waals surface area contributed by atoms with Gasteiger partial charge in [0.1, 0.15) is 0 Å². The third kappa shape index (κ3) is 1.66. The lowest BCUT2D eigenvalue weighted by molar-refractivity contribution is 0.998. The van der Waals surface area contributed by atoms with Crippen LogP contribution in [0.15, 0.2) is 48.5 Å². The summed E-state index contributed by atoms with van der Waals surface area (Å²) in [5.74, 6) is 0. The summed E-state index contributed by atoms with van der Waals surface area (Å²) in [5.41, 5.74) is 4.47. The number of hydrogen-bond donors (Lipinski definition) is 0. The summed E-state index contributed by atoms with van der Waals surface area (Å²) in [5, 5.41) is 8.89. The molecule has 1 heterocycles. The highest BCUT2D eigenvalue weighted by Gasteiger charge is 2.20. The van der Waals surface area contributed by atoms with Crippen molar-refractivity contribution >= 4 is 11.4 Å². The van der Waals surface area contributed by atoms with Crippen molar-refractivity contribution in [3.63, 3.8) is 0 Å². The second-order valence-electron chi connectivity index (χ2n) is 4.19. The lowest BCUT2D eigenvalue weighted by Gasteiger charge is -2.19. The van der Waals surface area contributed by atoms with Gasteiger partial charge in [-0.15, -0.1) is 0 Å². The first-order valence-corrected chi connectivity index (χ1v) is 5.74. The molecule has 0 saturated carbocycles. The van der Waals surface area contributed by atoms with Crippen LogP contribution in [-0.2, 0) is 6.42 Å². The van der Waals surface area contributed by atoms with Crippen molar-refractivity contribution in [2.75, 3.05) is 11.4 Å². The summed E-state index contributed by atoms with van der Waals surface area (Å²) >= 11 is 0. The molecule has 0 aliphatic carbocycles. The molecule has 2 aromatic rings. The van der Waals surface area contributed by atoms with Crippen molar-refractivity contribution in [2.24, 2.45) is 0 Å². The molecule has 2 nitrogen and oxygen atoms in total. The van der Waals surface area contributed by atoms with Crippen molar-refractivity contribution in [2.45, 2.75) is 6.42 Å². The van der Waals surface area contributed by atoms with E-state index in [4.69, 9.17) is 5.26 Å². The van der Waals surface area contributed by atoms with Crippen LogP contribution in [0.25, 0.3) is 0 Å². The van der Waals surface area contributed by atoms with Gasteiger partial charge in [0.2, 0.25) is 0 Å². The van der Waals surface area contributed by atoms with Crippen molar-refractivity contribution in [3.05, 3.63) is 59.7 Å². The Labute approximate surface area is 101 Å². The maximum absolute atomic E-state index is 8.89. The van der Waals surface area contributed by atoms with Crippen LogP contribution < -0.4 is 4.90 Å². The molecule has 2 heteroatoms. The average molecular weight is 220 g/mol. The summed E-state index contributed by atoms with van der Waals surface area (Å²) in [6.07, 6.45) is 1.01. The molecular formula is C15H12N2. The standard InChI is InChI=1S/C15H12N2/c16-11-12-6-7-15-13(10-12)8-9-17(15)14-4-2-1-3-5-14/h1-7,10H,8-9H2. The van der Waals surface area contributed by atoms with Gasteiger partial charge in [0, 0.05) is 17.9 Å². The van der Waals surface area contributed by atoms with Crippen LogP contribution in [-0.4, -0.2) is 6.54 Å². The van der Waals surface area contributed by atoms with E-state index in [0.717, 1.165) is 18.5 Å². The number of para-hydroxylation sites is 1. The molecule has 2 aromatic carbocycles. The van der Waals surface area contributed by atoms with E-state index in [2.05, 4.69) is 35.2 Å². The molecule has 1 aliphatic heterocycles. The van der Waals surface area contributed by atoms with Crippen LogP contribution in [0.3, 0.4) is 0 Å². The number of rotatable bonds is 1. The minimum absolute atomic E-state index is 0.749. The SMILES string of the molecule is N#Cc1ccc2c(c1)CCN2c1ccccc1. The van der Waals surface area contributed by atoms with Crippen molar-refractivity contribution < 1.29 is 0 Å². The van der Waals surface area contributed by atoms with Gasteiger partial charge in [-0.1, -0.05) is 18.2 Å². The van der Waals surface area contributed by atoms with E-state index in [1.807, 2.05) is 24.3 Å². The zero-order valence-corrected chi connectivity index (χ0v) is 9.43. The average Bonchev–Trinajstić information content (AvgIpc) is 2.82. The third-order valence-corrected chi connectivity index (χ3v) is 3.17. The zero-order valence-electron chi connectivity index (χ0n) is 9.43. The number of fused-ring (bicyclic) bond motifs is 1. The Morgan fingerprint density at radius 3 is 2.65 bits per heavy atom. The first-order chi connectivity index (χ1) is 8.38. The van der Waals surface area contributed by atoms with Crippen LogP contribution in [0.1, 0.15) is 11.1 Å². The summed E-state index contributed by atoms with van der Waals surface area (Å²) in [7, 11) is 0. The second kappa shape index (κ2) is 3.95. The summed E-state index contributed by atoms with van der Waals surface area (Å²) in [4.78, 5) is 2.30. The fourth-order valence-electron chi connectivity index (χ4n) is 2.35. The molecule has 0 spiro atoms. The van der Waals surface area contributed by atoms with Gasteiger partial charge >= 0.3 is 0 Å². The monoisotopic (exact) mass is 220 g/mol. The highest BCUT2D eigenvalue weighted by molar-refractivity contribution is 5.70. The fraction of sp³-hybridized carbons (Fsp3) is 0.133. The molecule has 0 unspecified atom stereocenters. The molecule has 0 atom stereocenters. The van der Waals surface area contributed by atoms with Crippen LogP contribution in [0.4, 0.5) is 11.4 Å². The predicted molar refractivity (Wildman–Crippen MR) is 68.3 cm³/mol. The van der Waals surface area contributed by atoms with Crippen LogP contribution in [0, 0.1) is 11.3 Å². The molecule has 0 aromatic heterocycles. The Hall–Kier alpha value is -2.27. The molecule has 1 aliphatic rings. The highest BCUT2D eigenvalue weighted by atomic mass is 15.2. The normalized spacial score (nSPS) is 13.2. The maximum atomic E-state index is 8.89. The van der Waals surface area contributed by atoms with E-state index >= 15 is 0 Å². The Morgan fingerprint density at radius 1 is 1.06 bits per heavy atom. The molecule has 0 fully saturated rings. The number of nitriles is 1. The maximum Gasteiger partial charge on any atom is 0.0991 e. The van der Waals surface area contributed by atoms with E-state index in [-0.39, 0.29) is 0 Å². The second-order valence-corrected chi connectivity index (χ2v) is 4.19. The van der Waals surface area contributed by atoms with E-state index in [9.17, 15) is 0 Å². The number of anilines is 2.